The number of allylic oxidation sites excluding steroid dienone is 3. The van der Waals surface area contributed by atoms with Gasteiger partial charge in [0, 0.05) is 138 Å². The molecule has 20 heteroatoms. The molecule has 3 saturated heterocycles. The molecule has 3 aliphatic carbocycles. The van der Waals surface area contributed by atoms with Gasteiger partial charge in [-0.15, -0.1) is 12.8 Å². The average molecular weight is 1540 g/mol. The first kappa shape index (κ1) is 75.6. The van der Waals surface area contributed by atoms with Crippen LogP contribution in [0.2, 0.25) is 0 Å². The number of piperidine rings is 3. The van der Waals surface area contributed by atoms with Crippen LogP contribution in [0.1, 0.15) is 177 Å². The van der Waals surface area contributed by atoms with Gasteiger partial charge in [-0.2, -0.15) is 0 Å². The van der Waals surface area contributed by atoms with Gasteiger partial charge in [0.2, 0.25) is 6.79 Å². The smallest absolute Gasteiger partial charge is 0.231 e. The minimum absolute atomic E-state index is 0.272. The van der Waals surface area contributed by atoms with Crippen LogP contribution in [0.15, 0.2) is 146 Å². The van der Waals surface area contributed by atoms with E-state index < -0.39 is 0 Å². The molecular formula is C96H95N15O5. The molecule has 12 aromatic rings. The second-order valence-corrected chi connectivity index (χ2v) is 30.9. The molecule has 0 spiro atoms. The SMILES string of the molecule is C#Cc1ccc(C2=Cc3c(ncnc3N3CCC(c4nc(-c5ccc(OCC)c(C)c5)c(C)[nH]4)CC3)C2)cc1.C#Cc1ccc(C2=Cc3c(ncnc3N3CCC(c4nc(-c5ccc6c(c5)OCO6)c(C)[nH]4)CC3)C2)cc1.CCOc1ccc(-c2nc(C3CCN(c4ncnc5c4C=C(c4cccc(OC)c4)C5)CC3)[nH]c2C)cc1C. The Morgan fingerprint density at radius 1 is 0.422 bits per heavy atom. The van der Waals surface area contributed by atoms with Gasteiger partial charge in [-0.1, -0.05) is 48.2 Å². The molecule has 0 bridgehead atoms. The highest BCUT2D eigenvalue weighted by atomic mass is 16.7. The molecule has 6 aromatic heterocycles. The van der Waals surface area contributed by atoms with Crippen LogP contribution in [-0.4, -0.2) is 126 Å². The Labute approximate surface area is 678 Å². The highest BCUT2D eigenvalue weighted by Gasteiger charge is 2.33. The van der Waals surface area contributed by atoms with Crippen molar-refractivity contribution < 1.29 is 23.7 Å². The maximum Gasteiger partial charge on any atom is 0.231 e. The van der Waals surface area contributed by atoms with E-state index in [1.807, 2.05) is 74.5 Å². The van der Waals surface area contributed by atoms with E-state index in [0.29, 0.717) is 31.0 Å². The van der Waals surface area contributed by atoms with Gasteiger partial charge in [-0.25, -0.2) is 44.9 Å². The molecule has 116 heavy (non-hydrogen) atoms. The van der Waals surface area contributed by atoms with Crippen LogP contribution in [0.3, 0.4) is 0 Å². The number of nitrogens with one attached hydrogen (secondary N) is 3. The zero-order valence-corrected chi connectivity index (χ0v) is 67.1. The first-order valence-electron chi connectivity index (χ1n) is 40.5. The van der Waals surface area contributed by atoms with Crippen molar-refractivity contribution in [3.63, 3.8) is 0 Å². The van der Waals surface area contributed by atoms with Crippen molar-refractivity contribution in [1.29, 1.82) is 0 Å². The predicted molar refractivity (Wildman–Crippen MR) is 459 cm³/mol. The summed E-state index contributed by atoms with van der Waals surface area (Å²) in [6.07, 6.45) is 31.5. The van der Waals surface area contributed by atoms with E-state index in [4.69, 9.17) is 66.4 Å². The van der Waals surface area contributed by atoms with Gasteiger partial charge in [0.25, 0.3) is 0 Å². The first-order valence-corrected chi connectivity index (χ1v) is 40.5. The van der Waals surface area contributed by atoms with Crippen LogP contribution in [0.4, 0.5) is 17.5 Å². The molecule has 4 aliphatic heterocycles. The van der Waals surface area contributed by atoms with Gasteiger partial charge >= 0.3 is 0 Å². The quantitative estimate of drug-likeness (QED) is 0.0722. The van der Waals surface area contributed by atoms with Gasteiger partial charge < -0.3 is 53.3 Å². The summed E-state index contributed by atoms with van der Waals surface area (Å²) in [5, 5.41) is 0. The minimum Gasteiger partial charge on any atom is -0.497 e. The van der Waals surface area contributed by atoms with E-state index >= 15 is 0 Å². The summed E-state index contributed by atoms with van der Waals surface area (Å²) in [7, 11) is 1.70. The Kier molecular flexibility index (Phi) is 21.6. The molecule has 584 valence electrons. The van der Waals surface area contributed by atoms with Crippen molar-refractivity contribution in [3.8, 4) is 87.2 Å². The molecule has 0 saturated carbocycles. The number of benzene rings is 6. The van der Waals surface area contributed by atoms with Crippen LogP contribution in [-0.2, 0) is 19.3 Å². The molecule has 0 unspecified atom stereocenters. The number of aromatic amines is 3. The Bertz CT molecular complexity index is 5850. The molecule has 3 N–H and O–H groups in total. The Hall–Kier alpha value is -13.1. The maximum atomic E-state index is 5.72. The monoisotopic (exact) mass is 1540 g/mol. The van der Waals surface area contributed by atoms with E-state index in [9.17, 15) is 0 Å². The third kappa shape index (κ3) is 15.6. The number of rotatable bonds is 17. The summed E-state index contributed by atoms with van der Waals surface area (Å²) >= 11 is 0. The van der Waals surface area contributed by atoms with Gasteiger partial charge in [-0.3, -0.25) is 0 Å². The summed E-state index contributed by atoms with van der Waals surface area (Å²) in [6, 6.07) is 43.2. The fourth-order valence-corrected chi connectivity index (χ4v) is 17.3. The minimum atomic E-state index is 0.272. The van der Waals surface area contributed by atoms with Crippen LogP contribution in [0.25, 0.3) is 68.7 Å². The van der Waals surface area contributed by atoms with Crippen molar-refractivity contribution >= 4 is 52.4 Å². The largest absolute Gasteiger partial charge is 0.497 e. The van der Waals surface area contributed by atoms with Crippen LogP contribution in [0, 0.1) is 59.3 Å². The summed E-state index contributed by atoms with van der Waals surface area (Å²) in [5.41, 5.74) is 27.7. The van der Waals surface area contributed by atoms with Gasteiger partial charge in [0.1, 0.15) is 71.2 Å². The number of hydrogen-bond acceptors (Lipinski definition) is 17. The van der Waals surface area contributed by atoms with E-state index in [1.54, 1.807) is 26.1 Å². The van der Waals surface area contributed by atoms with Crippen molar-refractivity contribution in [1.82, 2.24) is 59.8 Å². The Morgan fingerprint density at radius 2 is 0.793 bits per heavy atom. The zero-order valence-electron chi connectivity index (χ0n) is 67.1. The molecule has 10 heterocycles. The number of anilines is 3. The standard InChI is InChI=1S/C33H33N5O.C32H35N5O2.C31H27N5O2/c1-5-23-7-9-24(10-8-23)27-18-28-29(19-27)34-20-35-33(28)38-15-13-25(14-16-38)32-36-22(4)31(37-32)26-11-12-30(39-6-2)21(3)17-26;1-5-39-29-10-9-24(15-20(29)2)30-21(3)35-31(36-30)22-11-13-37(14-12-22)32-27-17-25(18-28(27)33-19-34-32)23-7-6-8-26(16-23)38-4;1-3-20-4-6-21(7-5-20)24-14-25-26(15-24)32-17-33-31(25)36-12-10-22(11-13-36)30-34-19(2)29(35-30)23-8-9-27-28(16-23)38-18-37-27/h1,7-12,17-18,20,25H,6,13-16,19H2,2-4H3,(H,36,37);6-10,15-17,19,22H,5,11-14,18H2,1-4H3,(H,35,36);1,4-9,14,16-17,22H,10-13,15,18H2,2H3,(H,34,35). The third-order valence-electron chi connectivity index (χ3n) is 23.5. The third-order valence-corrected chi connectivity index (χ3v) is 23.5. The van der Waals surface area contributed by atoms with E-state index in [-0.39, 0.29) is 6.79 Å². The topological polar surface area (TPSA) is 219 Å². The normalized spacial score (nSPS) is 15.6. The second-order valence-electron chi connectivity index (χ2n) is 30.9. The molecule has 20 nitrogen and oxygen atoms in total. The number of methoxy groups -OCH3 is 1. The van der Waals surface area contributed by atoms with Crippen molar-refractivity contribution in [3.05, 3.63) is 254 Å². The molecule has 3 fully saturated rings. The molecule has 19 rings (SSSR count). The maximum absolute atomic E-state index is 5.72. The number of hydrogen-bond donors (Lipinski definition) is 3. The fourth-order valence-electron chi connectivity index (χ4n) is 17.3. The lowest BCUT2D eigenvalue weighted by atomic mass is 9.96. The molecule has 7 aliphatic rings. The summed E-state index contributed by atoms with van der Waals surface area (Å²) in [5.74, 6) is 17.2. The lowest BCUT2D eigenvalue weighted by molar-refractivity contribution is 0.174. The van der Waals surface area contributed by atoms with Crippen molar-refractivity contribution in [2.24, 2.45) is 0 Å². The average Bonchev–Trinajstić information content (AvgIpc) is 1.65. The Morgan fingerprint density at radius 3 is 1.17 bits per heavy atom. The van der Waals surface area contributed by atoms with Crippen LogP contribution >= 0.6 is 0 Å². The van der Waals surface area contributed by atoms with Crippen LogP contribution in [0.5, 0.6) is 28.7 Å². The number of imidazole rings is 3. The van der Waals surface area contributed by atoms with E-state index in [2.05, 4.69) is 176 Å². The van der Waals surface area contributed by atoms with Gasteiger partial charge in [0.05, 0.1) is 54.5 Å². The van der Waals surface area contributed by atoms with Crippen molar-refractivity contribution in [2.45, 2.75) is 124 Å². The molecule has 6 aromatic carbocycles. The van der Waals surface area contributed by atoms with Crippen LogP contribution < -0.4 is 38.4 Å². The number of nitrogens with zero attached hydrogens (tertiary/aromatic N) is 12. The van der Waals surface area contributed by atoms with E-state index in [0.717, 1.165) is 268 Å². The summed E-state index contributed by atoms with van der Waals surface area (Å²) in [6.45, 7) is 21.7. The predicted octanol–water partition coefficient (Wildman–Crippen LogP) is 18.1. The zero-order chi connectivity index (χ0) is 79.5. The molecular weight excluding hydrogens is 1440 g/mol. The summed E-state index contributed by atoms with van der Waals surface area (Å²) in [4.78, 5) is 61.1. The second kappa shape index (κ2) is 33.2. The van der Waals surface area contributed by atoms with Gasteiger partial charge in [0.15, 0.2) is 11.5 Å². The number of H-pyrrole nitrogens is 3. The Balaban J connectivity index is 0.000000125. The first-order chi connectivity index (χ1) is 56.7. The lowest BCUT2D eigenvalue weighted by Crippen LogP contribution is -2.34. The van der Waals surface area contributed by atoms with E-state index in [1.165, 1.54) is 33.4 Å². The number of ether oxygens (including phenoxy) is 5. The fraction of sp³-hybridized carbons (Fsp3) is 0.302. The molecule has 0 amide bonds. The molecule has 0 atom stereocenters. The summed E-state index contributed by atoms with van der Waals surface area (Å²) < 4.78 is 27.9. The highest BCUT2D eigenvalue weighted by molar-refractivity contribution is 5.93. The number of fused-ring (bicyclic) bond motifs is 4. The molecule has 0 radical (unpaired) electrons. The number of terminal acetylenes is 2. The highest BCUT2D eigenvalue weighted by Crippen LogP contribution is 2.44. The van der Waals surface area contributed by atoms with Crippen molar-refractivity contribution in [2.75, 3.05) is 81.1 Å². The number of aromatic nitrogens is 12. The number of aryl methyl sites for hydroxylation is 5. The van der Waals surface area contributed by atoms with Gasteiger partial charge in [-0.05, 0) is 241 Å². The lowest BCUT2D eigenvalue weighted by Gasteiger charge is -2.32.